The van der Waals surface area contributed by atoms with Gasteiger partial charge in [0.15, 0.2) is 5.69 Å². The third-order valence-electron chi connectivity index (χ3n) is 4.88. The van der Waals surface area contributed by atoms with Gasteiger partial charge in [0.05, 0.1) is 17.5 Å². The van der Waals surface area contributed by atoms with Crippen LogP contribution in [0.5, 0.6) is 0 Å². The largest absolute Gasteiger partial charge is 0.393 e. The summed E-state index contributed by atoms with van der Waals surface area (Å²) >= 11 is 0. The number of carbonyl (C=O) groups is 1. The monoisotopic (exact) mass is 328 g/mol. The molecule has 6 nitrogen and oxygen atoms in total. The molecule has 1 fully saturated rings. The van der Waals surface area contributed by atoms with E-state index in [1.165, 1.54) is 5.56 Å². The number of aliphatic hydroxyl groups is 1. The summed E-state index contributed by atoms with van der Waals surface area (Å²) < 4.78 is 1.70. The maximum atomic E-state index is 12.7. The molecule has 0 saturated carbocycles. The minimum Gasteiger partial charge on any atom is -0.393 e. The first kappa shape index (κ1) is 16.6. The molecule has 0 radical (unpaired) electrons. The number of nitrogens with zero attached hydrogens (tertiary/aromatic N) is 4. The van der Waals surface area contributed by atoms with Gasteiger partial charge in [-0.3, -0.25) is 4.79 Å². The molecule has 1 aliphatic rings. The number of aryl methyl sites for hydroxylation is 1. The van der Waals surface area contributed by atoms with Crippen molar-refractivity contribution in [3.63, 3.8) is 0 Å². The Morgan fingerprint density at radius 3 is 2.42 bits per heavy atom. The number of hydrogen-bond donors (Lipinski definition) is 1. The fourth-order valence-electron chi connectivity index (χ4n) is 3.19. The van der Waals surface area contributed by atoms with Crippen LogP contribution in [0.4, 0.5) is 0 Å². The zero-order valence-electron chi connectivity index (χ0n) is 14.4. The van der Waals surface area contributed by atoms with E-state index in [0.29, 0.717) is 18.8 Å². The van der Waals surface area contributed by atoms with E-state index in [1.807, 2.05) is 49.9 Å². The van der Waals surface area contributed by atoms with Crippen LogP contribution in [-0.2, 0) is 0 Å². The van der Waals surface area contributed by atoms with E-state index in [9.17, 15) is 9.90 Å². The summed E-state index contributed by atoms with van der Waals surface area (Å²) in [5.41, 5.74) is 3.24. The van der Waals surface area contributed by atoms with Crippen LogP contribution < -0.4 is 0 Å². The molecule has 1 saturated heterocycles. The molecule has 1 unspecified atom stereocenters. The smallest absolute Gasteiger partial charge is 0.276 e. The van der Waals surface area contributed by atoms with Crippen molar-refractivity contribution < 1.29 is 9.90 Å². The van der Waals surface area contributed by atoms with Gasteiger partial charge in [-0.05, 0) is 51.7 Å². The molecule has 1 aromatic carbocycles. The molecule has 6 heteroatoms. The predicted octanol–water partition coefficient (Wildman–Crippen LogP) is 2.12. The summed E-state index contributed by atoms with van der Waals surface area (Å²) in [7, 11) is 0. The third-order valence-corrected chi connectivity index (χ3v) is 4.88. The fraction of sp³-hybridized carbons (Fsp3) is 0.500. The molecule has 1 amide bonds. The Labute approximate surface area is 142 Å². The number of hydrogen-bond acceptors (Lipinski definition) is 4. The number of aliphatic hydroxyl groups excluding tert-OH is 1. The van der Waals surface area contributed by atoms with Crippen molar-refractivity contribution in [1.29, 1.82) is 0 Å². The lowest BCUT2D eigenvalue weighted by molar-refractivity contribution is 0.0516. The van der Waals surface area contributed by atoms with E-state index in [0.717, 1.165) is 24.2 Å². The van der Waals surface area contributed by atoms with E-state index in [2.05, 4.69) is 10.3 Å². The number of benzene rings is 1. The Hall–Kier alpha value is -2.21. The highest BCUT2D eigenvalue weighted by Crippen LogP contribution is 2.22. The summed E-state index contributed by atoms with van der Waals surface area (Å²) in [6, 6.07) is 7.97. The van der Waals surface area contributed by atoms with E-state index < -0.39 is 0 Å². The zero-order chi connectivity index (χ0) is 17.3. The summed E-state index contributed by atoms with van der Waals surface area (Å²) in [6.45, 7) is 7.04. The van der Waals surface area contributed by atoms with Crippen molar-refractivity contribution in [1.82, 2.24) is 19.9 Å². The summed E-state index contributed by atoms with van der Waals surface area (Å²) in [5.74, 6) is 0.202. The molecular formula is C18H24N4O2. The van der Waals surface area contributed by atoms with Gasteiger partial charge in [0.1, 0.15) is 0 Å². The van der Waals surface area contributed by atoms with E-state index in [1.54, 1.807) is 4.68 Å². The molecule has 0 aliphatic carbocycles. The lowest BCUT2D eigenvalue weighted by Crippen LogP contribution is -2.41. The topological polar surface area (TPSA) is 71.2 Å². The first-order chi connectivity index (χ1) is 11.5. The summed E-state index contributed by atoms with van der Waals surface area (Å²) in [5, 5.41) is 18.0. The molecule has 0 bridgehead atoms. The highest BCUT2D eigenvalue weighted by molar-refractivity contribution is 5.93. The van der Waals surface area contributed by atoms with Crippen LogP contribution in [0, 0.1) is 19.8 Å². The Kier molecular flexibility index (Phi) is 4.66. The summed E-state index contributed by atoms with van der Waals surface area (Å²) in [6.07, 6.45) is 1.34. The number of aromatic nitrogens is 3. The van der Waals surface area contributed by atoms with E-state index >= 15 is 0 Å². The SMILES string of the molecule is Cc1ccc(-n2nnc(C(=O)N3CCC(C(C)O)CC3)c2C)cc1. The van der Waals surface area contributed by atoms with Gasteiger partial charge in [-0.2, -0.15) is 0 Å². The average molecular weight is 328 g/mol. The van der Waals surface area contributed by atoms with Gasteiger partial charge in [0.2, 0.25) is 0 Å². The maximum Gasteiger partial charge on any atom is 0.276 e. The van der Waals surface area contributed by atoms with E-state index in [-0.39, 0.29) is 17.9 Å². The van der Waals surface area contributed by atoms with Gasteiger partial charge in [-0.25, -0.2) is 4.68 Å². The lowest BCUT2D eigenvalue weighted by atomic mass is 9.92. The Morgan fingerprint density at radius 1 is 1.21 bits per heavy atom. The molecular weight excluding hydrogens is 304 g/mol. The van der Waals surface area contributed by atoms with Gasteiger partial charge in [0, 0.05) is 13.1 Å². The van der Waals surface area contributed by atoms with Crippen LogP contribution in [0.15, 0.2) is 24.3 Å². The molecule has 3 rings (SSSR count). The van der Waals surface area contributed by atoms with Gasteiger partial charge >= 0.3 is 0 Å². The second kappa shape index (κ2) is 6.73. The third kappa shape index (κ3) is 3.19. The first-order valence-corrected chi connectivity index (χ1v) is 8.44. The quantitative estimate of drug-likeness (QED) is 0.937. The standard InChI is InChI=1S/C18H24N4O2/c1-12-4-6-16(7-5-12)22-13(2)17(19-20-22)18(24)21-10-8-15(9-11-21)14(3)23/h4-7,14-15,23H,8-11H2,1-3H3. The van der Waals surface area contributed by atoms with Gasteiger partial charge < -0.3 is 10.0 Å². The van der Waals surface area contributed by atoms with Crippen LogP contribution in [0.25, 0.3) is 5.69 Å². The van der Waals surface area contributed by atoms with Crippen LogP contribution in [-0.4, -0.2) is 50.1 Å². The van der Waals surface area contributed by atoms with Crippen molar-refractivity contribution in [2.24, 2.45) is 5.92 Å². The lowest BCUT2D eigenvalue weighted by Gasteiger charge is -2.32. The number of piperidine rings is 1. The van der Waals surface area contributed by atoms with Crippen LogP contribution in [0.1, 0.15) is 41.5 Å². The zero-order valence-corrected chi connectivity index (χ0v) is 14.4. The Balaban J connectivity index is 1.76. The molecule has 1 aromatic heterocycles. The van der Waals surface area contributed by atoms with Crippen LogP contribution >= 0.6 is 0 Å². The molecule has 1 aliphatic heterocycles. The first-order valence-electron chi connectivity index (χ1n) is 8.44. The maximum absolute atomic E-state index is 12.7. The highest BCUT2D eigenvalue weighted by Gasteiger charge is 2.28. The Morgan fingerprint density at radius 2 is 1.83 bits per heavy atom. The molecule has 0 spiro atoms. The second-order valence-electron chi connectivity index (χ2n) is 6.64. The predicted molar refractivity (Wildman–Crippen MR) is 91.1 cm³/mol. The number of rotatable bonds is 3. The molecule has 24 heavy (non-hydrogen) atoms. The molecule has 2 heterocycles. The molecule has 1 N–H and O–H groups in total. The number of amides is 1. The van der Waals surface area contributed by atoms with Crippen molar-refractivity contribution >= 4 is 5.91 Å². The minimum atomic E-state index is -0.314. The van der Waals surface area contributed by atoms with Gasteiger partial charge in [-0.1, -0.05) is 22.9 Å². The van der Waals surface area contributed by atoms with Crippen molar-refractivity contribution in [2.75, 3.05) is 13.1 Å². The second-order valence-corrected chi connectivity index (χ2v) is 6.64. The van der Waals surface area contributed by atoms with Crippen molar-refractivity contribution in [3.8, 4) is 5.69 Å². The van der Waals surface area contributed by atoms with Gasteiger partial charge in [-0.15, -0.1) is 5.10 Å². The number of likely N-dealkylation sites (tertiary alicyclic amines) is 1. The molecule has 2 aromatic rings. The average Bonchev–Trinajstić information content (AvgIpc) is 2.96. The van der Waals surface area contributed by atoms with Crippen molar-refractivity contribution in [3.05, 3.63) is 41.2 Å². The highest BCUT2D eigenvalue weighted by atomic mass is 16.3. The van der Waals surface area contributed by atoms with E-state index in [4.69, 9.17) is 0 Å². The minimum absolute atomic E-state index is 0.0742. The fourth-order valence-corrected chi connectivity index (χ4v) is 3.19. The molecule has 1 atom stereocenters. The molecule has 128 valence electrons. The normalized spacial score (nSPS) is 17.1. The Bertz CT molecular complexity index is 713. The van der Waals surface area contributed by atoms with Crippen molar-refractivity contribution in [2.45, 2.75) is 39.7 Å². The number of carbonyl (C=O) groups excluding carboxylic acids is 1. The summed E-state index contributed by atoms with van der Waals surface area (Å²) in [4.78, 5) is 14.6. The van der Waals surface area contributed by atoms with Gasteiger partial charge in [0.25, 0.3) is 5.91 Å². The van der Waals surface area contributed by atoms with Crippen LogP contribution in [0.2, 0.25) is 0 Å². The van der Waals surface area contributed by atoms with Crippen LogP contribution in [0.3, 0.4) is 0 Å².